The van der Waals surface area contributed by atoms with Crippen LogP contribution in [0.5, 0.6) is 0 Å². The number of rotatable bonds is 15. The zero-order valence-electron chi connectivity index (χ0n) is 18.1. The lowest BCUT2D eigenvalue weighted by atomic mass is 10.0. The van der Waals surface area contributed by atoms with Crippen LogP contribution >= 0.6 is 0 Å². The fraction of sp³-hybridized carbons (Fsp3) is 0.611. The molecule has 0 bridgehead atoms. The van der Waals surface area contributed by atoms with E-state index in [1.165, 1.54) is 13.8 Å². The first-order valence-electron chi connectivity index (χ1n) is 9.77. The highest BCUT2D eigenvalue weighted by atomic mass is 16.4. The summed E-state index contributed by atoms with van der Waals surface area (Å²) >= 11 is 0. The number of nitrogens with two attached hydrogens (primary N) is 2. The second-order valence-corrected chi connectivity index (χ2v) is 7.50. The van der Waals surface area contributed by atoms with Crippen molar-refractivity contribution >= 4 is 41.5 Å². The molecule has 0 rings (SSSR count). The van der Waals surface area contributed by atoms with Crippen molar-refractivity contribution in [1.29, 1.82) is 0 Å². The lowest BCUT2D eigenvalue weighted by Crippen LogP contribution is -2.58. The average molecular weight is 475 g/mol. The normalized spacial score (nSPS) is 14.3. The van der Waals surface area contributed by atoms with Crippen molar-refractivity contribution in [1.82, 2.24) is 16.0 Å². The first kappa shape index (κ1) is 29.2. The van der Waals surface area contributed by atoms with Crippen molar-refractivity contribution in [2.24, 2.45) is 17.4 Å². The molecule has 0 spiro atoms. The predicted octanol–water partition coefficient (Wildman–Crippen LogP) is -3.28. The zero-order chi connectivity index (χ0) is 25.9. The third kappa shape index (κ3) is 11.4. The summed E-state index contributed by atoms with van der Waals surface area (Å²) in [7, 11) is 0. The van der Waals surface area contributed by atoms with Crippen molar-refractivity contribution in [3.05, 3.63) is 0 Å². The van der Waals surface area contributed by atoms with Crippen LogP contribution in [0.4, 0.5) is 0 Å². The van der Waals surface area contributed by atoms with Gasteiger partial charge in [-0.05, 0) is 12.3 Å². The summed E-state index contributed by atoms with van der Waals surface area (Å²) in [5, 5.41) is 33.4. The molecule has 15 heteroatoms. The van der Waals surface area contributed by atoms with Crippen molar-refractivity contribution in [3.8, 4) is 0 Å². The number of carboxylic acids is 3. The number of amides is 4. The van der Waals surface area contributed by atoms with E-state index in [0.717, 1.165) is 0 Å². The minimum Gasteiger partial charge on any atom is -0.481 e. The summed E-state index contributed by atoms with van der Waals surface area (Å²) in [6.45, 7) is 3.02. The van der Waals surface area contributed by atoms with Crippen molar-refractivity contribution in [2.75, 3.05) is 0 Å². The molecule has 0 heterocycles. The minimum atomic E-state index is -1.70. The summed E-state index contributed by atoms with van der Waals surface area (Å²) < 4.78 is 0. The molecule has 0 aromatic carbocycles. The number of carboxylic acid groups (broad SMARTS) is 3. The molecule has 0 aliphatic rings. The number of aliphatic carboxylic acids is 3. The van der Waals surface area contributed by atoms with E-state index in [0.29, 0.717) is 0 Å². The van der Waals surface area contributed by atoms with Crippen LogP contribution in [0.15, 0.2) is 0 Å². The molecule has 15 nitrogen and oxygen atoms in total. The minimum absolute atomic E-state index is 0.297. The first-order chi connectivity index (χ1) is 15.1. The summed E-state index contributed by atoms with van der Waals surface area (Å²) in [5.74, 6) is -8.82. The van der Waals surface area contributed by atoms with Gasteiger partial charge in [0.05, 0.1) is 18.9 Å². The predicted molar refractivity (Wildman–Crippen MR) is 109 cm³/mol. The second kappa shape index (κ2) is 13.6. The lowest BCUT2D eigenvalue weighted by molar-refractivity contribution is -0.144. The Balaban J connectivity index is 5.45. The van der Waals surface area contributed by atoms with Gasteiger partial charge in [-0.15, -0.1) is 0 Å². The van der Waals surface area contributed by atoms with Gasteiger partial charge in [-0.2, -0.15) is 0 Å². The van der Waals surface area contributed by atoms with E-state index >= 15 is 0 Å². The molecule has 4 unspecified atom stereocenters. The van der Waals surface area contributed by atoms with Crippen LogP contribution in [-0.2, 0) is 33.6 Å². The molecular formula is C18H29N5O10. The van der Waals surface area contributed by atoms with E-state index in [-0.39, 0.29) is 12.8 Å². The Hall–Kier alpha value is -3.75. The van der Waals surface area contributed by atoms with E-state index in [1.807, 2.05) is 5.32 Å². The van der Waals surface area contributed by atoms with E-state index in [4.69, 9.17) is 21.7 Å². The average Bonchev–Trinajstić information content (AvgIpc) is 2.66. The molecule has 4 amide bonds. The Labute approximate surface area is 188 Å². The Morgan fingerprint density at radius 3 is 1.70 bits per heavy atom. The van der Waals surface area contributed by atoms with Crippen LogP contribution < -0.4 is 27.4 Å². The number of hydrogen-bond donors (Lipinski definition) is 8. The monoisotopic (exact) mass is 475 g/mol. The van der Waals surface area contributed by atoms with E-state index in [1.54, 1.807) is 0 Å². The van der Waals surface area contributed by atoms with Gasteiger partial charge in [0.25, 0.3) is 0 Å². The lowest BCUT2D eigenvalue weighted by Gasteiger charge is -2.26. The number of carbonyl (C=O) groups is 7. The highest BCUT2D eigenvalue weighted by molar-refractivity contribution is 5.96. The molecule has 0 aliphatic carbocycles. The van der Waals surface area contributed by atoms with Crippen LogP contribution in [0.1, 0.15) is 39.5 Å². The Morgan fingerprint density at radius 1 is 0.758 bits per heavy atom. The molecule has 0 fully saturated rings. The zero-order valence-corrected chi connectivity index (χ0v) is 18.1. The van der Waals surface area contributed by atoms with E-state index < -0.39 is 84.5 Å². The van der Waals surface area contributed by atoms with Gasteiger partial charge in [-0.1, -0.05) is 13.8 Å². The fourth-order valence-electron chi connectivity index (χ4n) is 2.54. The highest BCUT2D eigenvalue weighted by Crippen LogP contribution is 2.07. The van der Waals surface area contributed by atoms with Gasteiger partial charge >= 0.3 is 17.9 Å². The van der Waals surface area contributed by atoms with Crippen LogP contribution in [0.3, 0.4) is 0 Å². The number of carbonyl (C=O) groups excluding carboxylic acids is 4. The second-order valence-electron chi connectivity index (χ2n) is 7.50. The van der Waals surface area contributed by atoms with Crippen LogP contribution in [0, 0.1) is 5.92 Å². The van der Waals surface area contributed by atoms with E-state index in [2.05, 4.69) is 10.6 Å². The van der Waals surface area contributed by atoms with Gasteiger partial charge in [0.15, 0.2) is 0 Å². The van der Waals surface area contributed by atoms with Gasteiger partial charge in [0.2, 0.25) is 23.6 Å². The van der Waals surface area contributed by atoms with Gasteiger partial charge in [0.1, 0.15) is 18.1 Å². The Morgan fingerprint density at radius 2 is 1.27 bits per heavy atom. The third-order valence-electron chi connectivity index (χ3n) is 4.28. The van der Waals surface area contributed by atoms with Crippen molar-refractivity contribution < 1.29 is 48.9 Å². The van der Waals surface area contributed by atoms with Crippen LogP contribution in [0.25, 0.3) is 0 Å². The Kier molecular flexibility index (Phi) is 12.1. The molecule has 0 aliphatic heterocycles. The van der Waals surface area contributed by atoms with Gasteiger partial charge < -0.3 is 42.7 Å². The maximum atomic E-state index is 12.6. The summed E-state index contributed by atoms with van der Waals surface area (Å²) in [5.41, 5.74) is 10.4. The molecule has 0 radical (unpaired) electrons. The Bertz CT molecular complexity index is 785. The van der Waals surface area contributed by atoms with Crippen molar-refractivity contribution in [2.45, 2.75) is 63.7 Å². The van der Waals surface area contributed by atoms with Crippen LogP contribution in [0.2, 0.25) is 0 Å². The SMILES string of the molecule is CC(C)C(NC(=O)C(CC(=O)O)NC(=O)C(N)CC(=O)O)C(=O)NC(CCC(N)=O)C(=O)O. The van der Waals surface area contributed by atoms with Gasteiger partial charge in [0, 0.05) is 6.42 Å². The first-order valence-corrected chi connectivity index (χ1v) is 9.77. The molecule has 33 heavy (non-hydrogen) atoms. The molecule has 0 saturated heterocycles. The smallest absolute Gasteiger partial charge is 0.326 e. The quantitative estimate of drug-likeness (QED) is 0.116. The molecule has 0 saturated carbocycles. The van der Waals surface area contributed by atoms with Crippen molar-refractivity contribution in [3.63, 3.8) is 0 Å². The maximum Gasteiger partial charge on any atom is 0.326 e. The summed E-state index contributed by atoms with van der Waals surface area (Å²) in [6.07, 6.45) is -2.29. The molecule has 10 N–H and O–H groups in total. The summed E-state index contributed by atoms with van der Waals surface area (Å²) in [6, 6.07) is -6.08. The van der Waals surface area contributed by atoms with Crippen LogP contribution in [-0.4, -0.2) is 81.0 Å². The van der Waals surface area contributed by atoms with Gasteiger partial charge in [-0.25, -0.2) is 4.79 Å². The third-order valence-corrected chi connectivity index (χ3v) is 4.28. The number of primary amides is 1. The largest absolute Gasteiger partial charge is 0.481 e. The standard InChI is InChI=1S/C18H29N5O10/c1-7(2)14(17(31)21-9(18(32)33)3-4-11(20)24)23-16(30)10(6-13(27)28)22-15(29)8(19)5-12(25)26/h7-10,14H,3-6,19H2,1-2H3,(H2,20,24)(H,21,31)(H,22,29)(H,23,30)(H,25,26)(H,27,28)(H,32,33). The molecule has 0 aromatic heterocycles. The molecule has 0 aromatic rings. The molecule has 4 atom stereocenters. The molecular weight excluding hydrogens is 446 g/mol. The maximum absolute atomic E-state index is 12.6. The highest BCUT2D eigenvalue weighted by Gasteiger charge is 2.33. The van der Waals surface area contributed by atoms with E-state index in [9.17, 15) is 38.7 Å². The fourth-order valence-corrected chi connectivity index (χ4v) is 2.54. The number of hydrogen-bond acceptors (Lipinski definition) is 8. The summed E-state index contributed by atoms with van der Waals surface area (Å²) in [4.78, 5) is 81.2. The topological polar surface area (TPSA) is 268 Å². The molecule has 186 valence electrons. The van der Waals surface area contributed by atoms with Gasteiger partial charge in [-0.3, -0.25) is 28.8 Å². The number of nitrogens with one attached hydrogen (secondary N) is 3.